The number of hydrogen-bond donors (Lipinski definition) is 2. The zero-order valence-electron chi connectivity index (χ0n) is 13.2. The van der Waals surface area contributed by atoms with Crippen molar-refractivity contribution in [2.24, 2.45) is 0 Å². The maximum atomic E-state index is 12.3. The molecular weight excluding hydrogens is 312 g/mol. The van der Waals surface area contributed by atoms with Crippen LogP contribution < -0.4 is 5.32 Å². The molecule has 2 rings (SSSR count). The van der Waals surface area contributed by atoms with Gasteiger partial charge in [0.15, 0.2) is 0 Å². The first kappa shape index (κ1) is 17.4. The quantitative estimate of drug-likeness (QED) is 0.460. The van der Waals surface area contributed by atoms with E-state index in [1.165, 1.54) is 12.1 Å². The molecule has 24 heavy (non-hydrogen) atoms. The van der Waals surface area contributed by atoms with Gasteiger partial charge in [0, 0.05) is 24.4 Å². The number of esters is 1. The Kier molecular flexibility index (Phi) is 5.86. The Balaban J connectivity index is 2.18. The van der Waals surface area contributed by atoms with Crippen molar-refractivity contribution in [3.63, 3.8) is 0 Å². The summed E-state index contributed by atoms with van der Waals surface area (Å²) < 4.78 is 5.26. The van der Waals surface area contributed by atoms with Gasteiger partial charge in [-0.05, 0) is 18.6 Å². The molecule has 0 saturated carbocycles. The topological polar surface area (TPSA) is 102 Å². The molecule has 126 valence electrons. The van der Waals surface area contributed by atoms with E-state index < -0.39 is 10.9 Å². The summed E-state index contributed by atoms with van der Waals surface area (Å²) in [7, 11) is 0. The Hall–Kier alpha value is -2.93. The molecule has 0 spiro atoms. The minimum Gasteiger partial charge on any atom is -0.457 e. The third-order valence-electron chi connectivity index (χ3n) is 3.31. The van der Waals surface area contributed by atoms with E-state index in [0.717, 1.165) is 17.2 Å². The van der Waals surface area contributed by atoms with Gasteiger partial charge >= 0.3 is 5.97 Å². The molecule has 0 aliphatic carbocycles. The standard InChI is InChI=1S/C17H18N2O5/c1-12-3-2-4-13(9-12)11-24-17(21)15-10-14(19(22)23)5-6-16(15)18-7-8-20/h2-6,9-10,18,20H,7-8,11H2,1H3. The van der Waals surface area contributed by atoms with Gasteiger partial charge in [-0.3, -0.25) is 10.1 Å². The Morgan fingerprint density at radius 1 is 1.29 bits per heavy atom. The molecule has 0 saturated heterocycles. The van der Waals surface area contributed by atoms with Gasteiger partial charge in [-0.1, -0.05) is 29.8 Å². The normalized spacial score (nSPS) is 10.2. The highest BCUT2D eigenvalue weighted by atomic mass is 16.6. The van der Waals surface area contributed by atoms with Crippen molar-refractivity contribution in [2.75, 3.05) is 18.5 Å². The second kappa shape index (κ2) is 8.07. The number of anilines is 1. The van der Waals surface area contributed by atoms with Crippen LogP contribution in [-0.4, -0.2) is 29.2 Å². The van der Waals surface area contributed by atoms with Gasteiger partial charge in [-0.2, -0.15) is 0 Å². The maximum Gasteiger partial charge on any atom is 0.340 e. The van der Waals surface area contributed by atoms with E-state index in [4.69, 9.17) is 9.84 Å². The fourth-order valence-electron chi connectivity index (χ4n) is 2.19. The van der Waals surface area contributed by atoms with E-state index in [1.54, 1.807) is 0 Å². The lowest BCUT2D eigenvalue weighted by molar-refractivity contribution is -0.384. The number of carbonyl (C=O) groups excluding carboxylic acids is 1. The van der Waals surface area contributed by atoms with E-state index in [1.807, 2.05) is 31.2 Å². The van der Waals surface area contributed by atoms with Crippen molar-refractivity contribution in [1.82, 2.24) is 0 Å². The molecule has 0 atom stereocenters. The number of carbonyl (C=O) groups is 1. The lowest BCUT2D eigenvalue weighted by Gasteiger charge is -2.11. The van der Waals surface area contributed by atoms with Crippen LogP contribution >= 0.6 is 0 Å². The van der Waals surface area contributed by atoms with Crippen LogP contribution in [0.15, 0.2) is 42.5 Å². The van der Waals surface area contributed by atoms with Crippen LogP contribution in [0.25, 0.3) is 0 Å². The molecule has 2 aromatic rings. The number of hydrogen-bond acceptors (Lipinski definition) is 6. The molecule has 0 aromatic heterocycles. The second-order valence-corrected chi connectivity index (χ2v) is 5.20. The maximum absolute atomic E-state index is 12.3. The predicted molar refractivity (Wildman–Crippen MR) is 89.0 cm³/mol. The van der Waals surface area contributed by atoms with Crippen molar-refractivity contribution in [1.29, 1.82) is 0 Å². The van der Waals surface area contributed by atoms with Crippen LogP contribution in [0.3, 0.4) is 0 Å². The van der Waals surface area contributed by atoms with Crippen molar-refractivity contribution in [3.8, 4) is 0 Å². The summed E-state index contributed by atoms with van der Waals surface area (Å²) in [6.45, 7) is 2.09. The van der Waals surface area contributed by atoms with Crippen LogP contribution in [0.4, 0.5) is 11.4 Å². The lowest BCUT2D eigenvalue weighted by atomic mass is 10.1. The van der Waals surface area contributed by atoms with Gasteiger partial charge in [0.1, 0.15) is 6.61 Å². The smallest absolute Gasteiger partial charge is 0.340 e. The molecule has 2 N–H and O–H groups in total. The molecule has 2 aromatic carbocycles. The molecule has 7 nitrogen and oxygen atoms in total. The summed E-state index contributed by atoms with van der Waals surface area (Å²) in [5.41, 5.74) is 2.11. The zero-order valence-corrected chi connectivity index (χ0v) is 13.2. The lowest BCUT2D eigenvalue weighted by Crippen LogP contribution is -2.13. The van der Waals surface area contributed by atoms with E-state index in [-0.39, 0.29) is 31.0 Å². The SMILES string of the molecule is Cc1cccc(COC(=O)c2cc([N+](=O)[O-])ccc2NCCO)c1. The average Bonchev–Trinajstić information content (AvgIpc) is 2.57. The van der Waals surface area contributed by atoms with Gasteiger partial charge in [0.25, 0.3) is 5.69 Å². The average molecular weight is 330 g/mol. The molecular formula is C17H18N2O5. The molecule has 0 fully saturated rings. The van der Waals surface area contributed by atoms with Gasteiger partial charge < -0.3 is 15.2 Å². The van der Waals surface area contributed by atoms with Crippen molar-refractivity contribution < 1.29 is 19.6 Å². The van der Waals surface area contributed by atoms with Crippen molar-refractivity contribution in [3.05, 3.63) is 69.3 Å². The molecule has 0 heterocycles. The highest BCUT2D eigenvalue weighted by molar-refractivity contribution is 5.96. The molecule has 0 aliphatic rings. The van der Waals surface area contributed by atoms with Crippen LogP contribution in [0, 0.1) is 17.0 Å². The second-order valence-electron chi connectivity index (χ2n) is 5.20. The summed E-state index contributed by atoms with van der Waals surface area (Å²) >= 11 is 0. The molecule has 0 amide bonds. The third-order valence-corrected chi connectivity index (χ3v) is 3.31. The molecule has 7 heteroatoms. The summed E-state index contributed by atoms with van der Waals surface area (Å²) in [6.07, 6.45) is 0. The van der Waals surface area contributed by atoms with Crippen LogP contribution in [0.2, 0.25) is 0 Å². The van der Waals surface area contributed by atoms with E-state index in [2.05, 4.69) is 5.32 Å². The minimum atomic E-state index is -0.666. The van der Waals surface area contributed by atoms with E-state index >= 15 is 0 Å². The monoisotopic (exact) mass is 330 g/mol. The highest BCUT2D eigenvalue weighted by Crippen LogP contribution is 2.23. The summed E-state index contributed by atoms with van der Waals surface area (Å²) in [5.74, 6) is -0.666. The highest BCUT2D eigenvalue weighted by Gasteiger charge is 2.18. The number of rotatable bonds is 7. The molecule has 0 unspecified atom stereocenters. The summed E-state index contributed by atoms with van der Waals surface area (Å²) in [4.78, 5) is 22.6. The van der Waals surface area contributed by atoms with Gasteiger partial charge in [-0.25, -0.2) is 4.79 Å². The summed E-state index contributed by atoms with van der Waals surface area (Å²) in [6, 6.07) is 11.4. The Bertz CT molecular complexity index is 746. The largest absolute Gasteiger partial charge is 0.457 e. The number of aryl methyl sites for hydroxylation is 1. The number of non-ortho nitro benzene ring substituents is 1. The van der Waals surface area contributed by atoms with Crippen LogP contribution in [0.5, 0.6) is 0 Å². The fraction of sp³-hybridized carbons (Fsp3) is 0.235. The zero-order chi connectivity index (χ0) is 17.5. The van der Waals surface area contributed by atoms with Crippen molar-refractivity contribution in [2.45, 2.75) is 13.5 Å². The minimum absolute atomic E-state index is 0.0605. The first-order valence-corrected chi connectivity index (χ1v) is 7.37. The number of aliphatic hydroxyl groups excluding tert-OH is 1. The van der Waals surface area contributed by atoms with Gasteiger partial charge in [0.2, 0.25) is 0 Å². The van der Waals surface area contributed by atoms with Crippen LogP contribution in [0.1, 0.15) is 21.5 Å². The number of aliphatic hydroxyl groups is 1. The molecule has 0 bridgehead atoms. The Morgan fingerprint density at radius 2 is 2.08 bits per heavy atom. The summed E-state index contributed by atoms with van der Waals surface area (Å²) in [5, 5.41) is 22.6. The first-order valence-electron chi connectivity index (χ1n) is 7.37. The van der Waals surface area contributed by atoms with E-state index in [9.17, 15) is 14.9 Å². The first-order chi connectivity index (χ1) is 11.5. The third kappa shape index (κ3) is 4.53. The fourth-order valence-corrected chi connectivity index (χ4v) is 2.19. The van der Waals surface area contributed by atoms with Crippen molar-refractivity contribution >= 4 is 17.3 Å². The number of nitrogens with zero attached hydrogens (tertiary/aromatic N) is 1. The Morgan fingerprint density at radius 3 is 2.75 bits per heavy atom. The predicted octanol–water partition coefficient (Wildman–Crippen LogP) is 2.66. The van der Waals surface area contributed by atoms with Gasteiger partial charge in [-0.15, -0.1) is 0 Å². The molecule has 0 aliphatic heterocycles. The number of nitro benzene ring substituents is 1. The number of benzene rings is 2. The number of nitro groups is 1. The number of nitrogens with one attached hydrogen (secondary N) is 1. The Labute approximate surface area is 139 Å². The van der Waals surface area contributed by atoms with Crippen LogP contribution in [-0.2, 0) is 11.3 Å². The van der Waals surface area contributed by atoms with Gasteiger partial charge in [0.05, 0.1) is 17.1 Å². The number of ether oxygens (including phenoxy) is 1. The van der Waals surface area contributed by atoms with E-state index in [0.29, 0.717) is 5.69 Å². The molecule has 0 radical (unpaired) electrons.